The number of carbonyl (C=O) groups is 1. The average molecular weight is 793 g/mol. The monoisotopic (exact) mass is 793 g/mol. The van der Waals surface area contributed by atoms with Crippen LogP contribution in [0.3, 0.4) is 0 Å². The van der Waals surface area contributed by atoms with Crippen LogP contribution in [0.4, 0.5) is 0 Å². The number of unbranched alkanes of at least 4 members (excludes halogenated alkanes) is 13. The van der Waals surface area contributed by atoms with Crippen molar-refractivity contribution in [2.45, 2.75) is 161 Å². The Morgan fingerprint density at radius 3 is 1.58 bits per heavy atom. The van der Waals surface area contributed by atoms with Crippen LogP contribution in [0.1, 0.15) is 155 Å². The Balaban J connectivity index is 4.33. The van der Waals surface area contributed by atoms with Crippen LogP contribution in [0.15, 0.2) is 72.9 Å². The van der Waals surface area contributed by atoms with Gasteiger partial charge in [-0.1, -0.05) is 138 Å². The summed E-state index contributed by atoms with van der Waals surface area (Å²) < 4.78 is 34.9. The van der Waals surface area contributed by atoms with Crippen LogP contribution in [0.25, 0.3) is 0 Å². The molecule has 2 atom stereocenters. The van der Waals surface area contributed by atoms with Gasteiger partial charge in [0.05, 0.1) is 34.4 Å². The molecular formula is C46H83NO7P+. The molecule has 2 unspecified atom stereocenters. The summed E-state index contributed by atoms with van der Waals surface area (Å²) in [4.78, 5) is 22.9. The van der Waals surface area contributed by atoms with Crippen molar-refractivity contribution >= 4 is 13.8 Å². The van der Waals surface area contributed by atoms with Crippen LogP contribution in [0, 0.1) is 0 Å². The molecule has 8 nitrogen and oxygen atoms in total. The SMILES string of the molecule is CC/C=C\C/C=C\C/C=C\C/C=C\CCCCCOCC(COP(=O)(O)OCC[N+](C)(C)C)OC(=O)CCCCCCCCC/C=C\C/C=C\CCCCC. The molecule has 55 heavy (non-hydrogen) atoms. The lowest BCUT2D eigenvalue weighted by molar-refractivity contribution is -0.870. The number of hydrogen-bond donors (Lipinski definition) is 1. The molecule has 0 spiro atoms. The molecule has 0 aromatic heterocycles. The maximum Gasteiger partial charge on any atom is 0.472 e. The number of nitrogens with zero attached hydrogens (tertiary/aromatic N) is 1. The standard InChI is InChI=1S/C46H82NO7P/c1-6-8-10-12-14-16-18-20-22-24-25-27-29-31-33-35-37-39-46(48)54-45(44-53-55(49,50)52-42-40-47(3,4)5)43-51-41-38-36-34-32-30-28-26-23-21-19-17-15-13-11-9-7-2/h9,11,14-17,20-23,28,30,45H,6-8,10,12-13,18-19,24-27,29,31-44H2,1-5H3/p+1/b11-9-,16-14-,17-15-,22-20-,23-21-,30-28-. The zero-order valence-electron chi connectivity index (χ0n) is 35.9. The normalized spacial score (nSPS) is 14.5. The summed E-state index contributed by atoms with van der Waals surface area (Å²) in [7, 11) is 1.63. The molecule has 0 fully saturated rings. The minimum atomic E-state index is -4.29. The molecular weight excluding hydrogens is 709 g/mol. The van der Waals surface area contributed by atoms with Crippen molar-refractivity contribution in [2.75, 3.05) is 54.1 Å². The highest BCUT2D eigenvalue weighted by Gasteiger charge is 2.26. The molecule has 0 amide bonds. The second-order valence-corrected chi connectivity index (χ2v) is 16.8. The van der Waals surface area contributed by atoms with Gasteiger partial charge in [0.15, 0.2) is 0 Å². The van der Waals surface area contributed by atoms with Gasteiger partial charge in [0, 0.05) is 13.0 Å². The van der Waals surface area contributed by atoms with Crippen molar-refractivity contribution in [1.29, 1.82) is 0 Å². The molecule has 0 rings (SSSR count). The molecule has 0 heterocycles. The predicted molar refractivity (Wildman–Crippen MR) is 233 cm³/mol. The van der Waals surface area contributed by atoms with Gasteiger partial charge in [0.1, 0.15) is 19.3 Å². The van der Waals surface area contributed by atoms with Crippen molar-refractivity contribution < 1.29 is 37.3 Å². The molecule has 0 aromatic rings. The van der Waals surface area contributed by atoms with Gasteiger partial charge in [0.25, 0.3) is 0 Å². The van der Waals surface area contributed by atoms with E-state index in [-0.39, 0.29) is 25.8 Å². The highest BCUT2D eigenvalue weighted by atomic mass is 31.2. The van der Waals surface area contributed by atoms with Gasteiger partial charge in [0.2, 0.25) is 0 Å². The number of phosphoric acid groups is 1. The zero-order chi connectivity index (χ0) is 40.6. The van der Waals surface area contributed by atoms with Crippen LogP contribution >= 0.6 is 7.82 Å². The molecule has 0 aliphatic rings. The van der Waals surface area contributed by atoms with Gasteiger partial charge in [-0.2, -0.15) is 0 Å². The van der Waals surface area contributed by atoms with Crippen molar-refractivity contribution in [3.63, 3.8) is 0 Å². The lowest BCUT2D eigenvalue weighted by atomic mass is 10.1. The van der Waals surface area contributed by atoms with E-state index in [1.54, 1.807) is 0 Å². The van der Waals surface area contributed by atoms with Crippen molar-refractivity contribution in [3.8, 4) is 0 Å². The Labute approximate surface area is 338 Å². The predicted octanol–water partition coefficient (Wildman–Crippen LogP) is 12.7. The van der Waals surface area contributed by atoms with Crippen LogP contribution in [-0.2, 0) is 27.9 Å². The second-order valence-electron chi connectivity index (χ2n) is 15.3. The first-order chi connectivity index (χ1) is 26.6. The van der Waals surface area contributed by atoms with E-state index in [0.29, 0.717) is 24.1 Å². The van der Waals surface area contributed by atoms with Crippen LogP contribution in [0.2, 0.25) is 0 Å². The summed E-state index contributed by atoms with van der Waals surface area (Å²) in [5.41, 5.74) is 0. The molecule has 0 saturated heterocycles. The number of allylic oxidation sites excluding steroid dienone is 12. The summed E-state index contributed by atoms with van der Waals surface area (Å²) in [6, 6.07) is 0. The lowest BCUT2D eigenvalue weighted by Crippen LogP contribution is -2.37. The number of quaternary nitrogens is 1. The van der Waals surface area contributed by atoms with E-state index in [1.807, 2.05) is 21.1 Å². The number of rotatable bonds is 39. The Bertz CT molecular complexity index is 1110. The zero-order valence-corrected chi connectivity index (χ0v) is 36.8. The number of esters is 1. The van der Waals surface area contributed by atoms with Gasteiger partial charge in [-0.15, -0.1) is 0 Å². The van der Waals surface area contributed by atoms with E-state index in [4.69, 9.17) is 18.5 Å². The molecule has 0 aromatic carbocycles. The van der Waals surface area contributed by atoms with E-state index in [9.17, 15) is 14.3 Å². The molecule has 0 aliphatic heterocycles. The molecule has 0 saturated carbocycles. The highest BCUT2D eigenvalue weighted by Crippen LogP contribution is 2.43. The van der Waals surface area contributed by atoms with Gasteiger partial charge in [-0.3, -0.25) is 13.8 Å². The number of phosphoric ester groups is 1. The quantitative estimate of drug-likeness (QED) is 0.0218. The summed E-state index contributed by atoms with van der Waals surface area (Å²) in [5, 5.41) is 0. The number of ether oxygens (including phenoxy) is 2. The number of carbonyl (C=O) groups excluding carboxylic acids is 1. The Hall–Kier alpha value is -2.06. The third-order valence-corrected chi connectivity index (χ3v) is 9.74. The van der Waals surface area contributed by atoms with Crippen LogP contribution < -0.4 is 0 Å². The first-order valence-electron chi connectivity index (χ1n) is 21.7. The largest absolute Gasteiger partial charge is 0.472 e. The Kier molecular flexibility index (Phi) is 37.3. The van der Waals surface area contributed by atoms with Crippen molar-refractivity contribution in [3.05, 3.63) is 72.9 Å². The van der Waals surface area contributed by atoms with Crippen LogP contribution in [0.5, 0.6) is 0 Å². The van der Waals surface area contributed by atoms with E-state index in [1.165, 1.54) is 51.4 Å². The number of hydrogen-bond acceptors (Lipinski definition) is 6. The first-order valence-corrected chi connectivity index (χ1v) is 23.2. The minimum Gasteiger partial charge on any atom is -0.457 e. The fourth-order valence-electron chi connectivity index (χ4n) is 5.40. The maximum absolute atomic E-state index is 12.7. The van der Waals surface area contributed by atoms with E-state index in [2.05, 4.69) is 86.8 Å². The van der Waals surface area contributed by atoms with Crippen LogP contribution in [-0.4, -0.2) is 75.6 Å². The van der Waals surface area contributed by atoms with E-state index in [0.717, 1.165) is 83.5 Å². The van der Waals surface area contributed by atoms with E-state index < -0.39 is 13.9 Å². The smallest absolute Gasteiger partial charge is 0.457 e. The van der Waals surface area contributed by atoms with Crippen molar-refractivity contribution in [2.24, 2.45) is 0 Å². The summed E-state index contributed by atoms with van der Waals surface area (Å²) in [6.45, 7) is 5.37. The maximum atomic E-state index is 12.7. The molecule has 9 heteroatoms. The van der Waals surface area contributed by atoms with Gasteiger partial charge < -0.3 is 18.9 Å². The average Bonchev–Trinajstić information content (AvgIpc) is 3.13. The van der Waals surface area contributed by atoms with Gasteiger partial charge >= 0.3 is 13.8 Å². The van der Waals surface area contributed by atoms with Crippen molar-refractivity contribution in [1.82, 2.24) is 0 Å². The van der Waals surface area contributed by atoms with Gasteiger partial charge in [-0.25, -0.2) is 4.57 Å². The molecule has 1 N–H and O–H groups in total. The Morgan fingerprint density at radius 1 is 0.582 bits per heavy atom. The molecule has 0 aliphatic carbocycles. The molecule has 0 bridgehead atoms. The van der Waals surface area contributed by atoms with E-state index >= 15 is 0 Å². The fourth-order valence-corrected chi connectivity index (χ4v) is 6.14. The topological polar surface area (TPSA) is 91.3 Å². The third-order valence-electron chi connectivity index (χ3n) is 8.75. The third kappa shape index (κ3) is 42.9. The Morgan fingerprint density at radius 2 is 1.05 bits per heavy atom. The highest BCUT2D eigenvalue weighted by molar-refractivity contribution is 7.47. The van der Waals surface area contributed by atoms with Gasteiger partial charge in [-0.05, 0) is 83.5 Å². The first kappa shape index (κ1) is 52.9. The molecule has 0 radical (unpaired) electrons. The lowest BCUT2D eigenvalue weighted by Gasteiger charge is -2.24. The number of likely N-dealkylation sites (N-methyl/N-ethyl adjacent to an activating group) is 1. The summed E-state index contributed by atoms with van der Waals surface area (Å²) in [5.74, 6) is -0.337. The fraction of sp³-hybridized carbons (Fsp3) is 0.717. The summed E-state index contributed by atoms with van der Waals surface area (Å²) in [6.07, 6.45) is 49.3. The minimum absolute atomic E-state index is 0.0767. The summed E-state index contributed by atoms with van der Waals surface area (Å²) >= 11 is 0. The second kappa shape index (κ2) is 38.8. The molecule has 318 valence electrons.